The number of carboxylic acids is 1. The van der Waals surface area contributed by atoms with Crippen molar-refractivity contribution in [2.24, 2.45) is 0 Å². The van der Waals surface area contributed by atoms with Gasteiger partial charge in [-0.2, -0.15) is 0 Å². The Morgan fingerprint density at radius 1 is 1.37 bits per heavy atom. The monoisotopic (exact) mass is 258 g/mol. The quantitative estimate of drug-likeness (QED) is 0.882. The zero-order valence-corrected chi connectivity index (χ0v) is 10.7. The highest BCUT2D eigenvalue weighted by Gasteiger charge is 2.13. The standard InChI is InChI=1S/C14H14N2O3/c1-8-5-9(3-4-12(8)19-2)11-7-16-13(15)6-10(11)14(17)18/h3-7H,1-2H3,(H2,15,16)(H,17,18). The molecule has 5 nitrogen and oxygen atoms in total. The molecule has 0 radical (unpaired) electrons. The minimum atomic E-state index is -1.03. The molecule has 0 saturated carbocycles. The van der Waals surface area contributed by atoms with Gasteiger partial charge in [0.1, 0.15) is 11.6 Å². The van der Waals surface area contributed by atoms with Crippen LogP contribution in [0.25, 0.3) is 11.1 Å². The number of aryl methyl sites for hydroxylation is 1. The summed E-state index contributed by atoms with van der Waals surface area (Å²) >= 11 is 0. The maximum Gasteiger partial charge on any atom is 0.336 e. The maximum absolute atomic E-state index is 11.2. The summed E-state index contributed by atoms with van der Waals surface area (Å²) in [4.78, 5) is 15.2. The topological polar surface area (TPSA) is 85.4 Å². The highest BCUT2D eigenvalue weighted by atomic mass is 16.5. The molecule has 0 aliphatic rings. The highest BCUT2D eigenvalue weighted by molar-refractivity contribution is 5.96. The molecule has 0 amide bonds. The zero-order valence-electron chi connectivity index (χ0n) is 10.7. The Morgan fingerprint density at radius 3 is 2.68 bits per heavy atom. The normalized spacial score (nSPS) is 10.2. The first kappa shape index (κ1) is 12.9. The lowest BCUT2D eigenvalue weighted by molar-refractivity contribution is 0.0697. The van der Waals surface area contributed by atoms with Crippen molar-refractivity contribution in [3.8, 4) is 16.9 Å². The highest BCUT2D eigenvalue weighted by Crippen LogP contribution is 2.28. The van der Waals surface area contributed by atoms with Crippen LogP contribution in [0.4, 0.5) is 5.82 Å². The zero-order chi connectivity index (χ0) is 14.0. The van der Waals surface area contributed by atoms with Crippen LogP contribution < -0.4 is 10.5 Å². The van der Waals surface area contributed by atoms with Crippen LogP contribution in [0, 0.1) is 6.92 Å². The molecule has 0 saturated heterocycles. The fourth-order valence-corrected chi connectivity index (χ4v) is 1.92. The van der Waals surface area contributed by atoms with Crippen LogP contribution in [0.1, 0.15) is 15.9 Å². The third-order valence-corrected chi connectivity index (χ3v) is 2.86. The number of pyridine rings is 1. The van der Waals surface area contributed by atoms with E-state index in [1.54, 1.807) is 19.2 Å². The van der Waals surface area contributed by atoms with Crippen molar-refractivity contribution in [2.45, 2.75) is 6.92 Å². The van der Waals surface area contributed by atoms with Crippen molar-refractivity contribution in [3.05, 3.63) is 41.6 Å². The van der Waals surface area contributed by atoms with Gasteiger partial charge in [0.2, 0.25) is 0 Å². The molecule has 0 atom stereocenters. The summed E-state index contributed by atoms with van der Waals surface area (Å²) in [6.45, 7) is 1.90. The largest absolute Gasteiger partial charge is 0.496 e. The Labute approximate surface area is 110 Å². The van der Waals surface area contributed by atoms with Crippen LogP contribution in [0.2, 0.25) is 0 Å². The molecule has 0 aliphatic heterocycles. The van der Waals surface area contributed by atoms with Crippen molar-refractivity contribution in [1.29, 1.82) is 0 Å². The maximum atomic E-state index is 11.2. The van der Waals surface area contributed by atoms with E-state index < -0.39 is 5.97 Å². The molecule has 3 N–H and O–H groups in total. The number of anilines is 1. The fraction of sp³-hybridized carbons (Fsp3) is 0.143. The Balaban J connectivity index is 2.58. The molecule has 5 heteroatoms. The number of nitrogen functional groups attached to an aromatic ring is 1. The number of hydrogen-bond acceptors (Lipinski definition) is 4. The molecule has 0 unspecified atom stereocenters. The number of hydrogen-bond donors (Lipinski definition) is 2. The van der Waals surface area contributed by atoms with Gasteiger partial charge in [-0.15, -0.1) is 0 Å². The Hall–Kier alpha value is -2.56. The lowest BCUT2D eigenvalue weighted by Crippen LogP contribution is -2.03. The minimum Gasteiger partial charge on any atom is -0.496 e. The molecule has 19 heavy (non-hydrogen) atoms. The smallest absolute Gasteiger partial charge is 0.336 e. The van der Waals surface area contributed by atoms with Gasteiger partial charge < -0.3 is 15.6 Å². The molecule has 0 spiro atoms. The predicted molar refractivity (Wildman–Crippen MR) is 72.3 cm³/mol. The van der Waals surface area contributed by atoms with E-state index in [-0.39, 0.29) is 11.4 Å². The molecule has 1 aromatic carbocycles. The number of aromatic nitrogens is 1. The number of carboxylic acid groups (broad SMARTS) is 1. The average molecular weight is 258 g/mol. The van der Waals surface area contributed by atoms with Crippen molar-refractivity contribution >= 4 is 11.8 Å². The molecule has 1 heterocycles. The average Bonchev–Trinajstić information content (AvgIpc) is 2.38. The number of aromatic carboxylic acids is 1. The van der Waals surface area contributed by atoms with Crippen LogP contribution in [-0.2, 0) is 0 Å². The predicted octanol–water partition coefficient (Wildman–Crippen LogP) is 2.35. The molecule has 98 valence electrons. The molecule has 1 aromatic heterocycles. The lowest BCUT2D eigenvalue weighted by atomic mass is 10.00. The van der Waals surface area contributed by atoms with Crippen LogP contribution in [0.3, 0.4) is 0 Å². The molecular weight excluding hydrogens is 244 g/mol. The molecule has 0 bridgehead atoms. The van der Waals surface area contributed by atoms with Crippen LogP contribution >= 0.6 is 0 Å². The first-order valence-corrected chi connectivity index (χ1v) is 5.66. The van der Waals surface area contributed by atoms with E-state index in [1.165, 1.54) is 12.3 Å². The summed E-state index contributed by atoms with van der Waals surface area (Å²) in [5.41, 5.74) is 7.89. The van der Waals surface area contributed by atoms with E-state index >= 15 is 0 Å². The van der Waals surface area contributed by atoms with Gasteiger partial charge in [0, 0.05) is 11.8 Å². The number of nitrogens with zero attached hydrogens (tertiary/aromatic N) is 1. The Bertz CT molecular complexity index is 639. The van der Waals surface area contributed by atoms with E-state index in [4.69, 9.17) is 10.5 Å². The first-order valence-electron chi connectivity index (χ1n) is 5.66. The number of carbonyl (C=O) groups is 1. The second-order valence-electron chi connectivity index (χ2n) is 4.14. The molecular formula is C14H14N2O3. The van der Waals surface area contributed by atoms with Gasteiger partial charge in [0.05, 0.1) is 12.7 Å². The van der Waals surface area contributed by atoms with Crippen LogP contribution in [-0.4, -0.2) is 23.2 Å². The first-order chi connectivity index (χ1) is 9.02. The van der Waals surface area contributed by atoms with Gasteiger partial charge >= 0.3 is 5.97 Å². The fourth-order valence-electron chi connectivity index (χ4n) is 1.92. The molecule has 2 rings (SSSR count). The third kappa shape index (κ3) is 2.49. The van der Waals surface area contributed by atoms with Gasteiger partial charge in [-0.05, 0) is 36.2 Å². The van der Waals surface area contributed by atoms with Crippen molar-refractivity contribution in [1.82, 2.24) is 4.98 Å². The van der Waals surface area contributed by atoms with Crippen molar-refractivity contribution in [2.75, 3.05) is 12.8 Å². The second kappa shape index (κ2) is 4.97. The SMILES string of the molecule is COc1ccc(-c2cnc(N)cc2C(=O)O)cc1C. The number of ether oxygens (including phenoxy) is 1. The number of benzene rings is 1. The van der Waals surface area contributed by atoms with Crippen LogP contribution in [0.15, 0.2) is 30.5 Å². The van der Waals surface area contributed by atoms with E-state index in [0.29, 0.717) is 5.56 Å². The molecule has 0 aliphatic carbocycles. The van der Waals surface area contributed by atoms with Crippen molar-refractivity contribution < 1.29 is 14.6 Å². The summed E-state index contributed by atoms with van der Waals surface area (Å²) < 4.78 is 5.18. The van der Waals surface area contributed by atoms with Gasteiger partial charge in [-0.1, -0.05) is 6.07 Å². The minimum absolute atomic E-state index is 0.136. The number of rotatable bonds is 3. The van der Waals surface area contributed by atoms with E-state index in [2.05, 4.69) is 4.98 Å². The van der Waals surface area contributed by atoms with E-state index in [0.717, 1.165) is 16.9 Å². The lowest BCUT2D eigenvalue weighted by Gasteiger charge is -2.10. The summed E-state index contributed by atoms with van der Waals surface area (Å²) in [6.07, 6.45) is 1.47. The number of methoxy groups -OCH3 is 1. The van der Waals surface area contributed by atoms with Gasteiger partial charge in [0.25, 0.3) is 0 Å². The van der Waals surface area contributed by atoms with E-state index in [1.807, 2.05) is 13.0 Å². The summed E-state index contributed by atoms with van der Waals surface area (Å²) in [7, 11) is 1.59. The van der Waals surface area contributed by atoms with Crippen molar-refractivity contribution in [3.63, 3.8) is 0 Å². The van der Waals surface area contributed by atoms with Gasteiger partial charge in [-0.25, -0.2) is 9.78 Å². The van der Waals surface area contributed by atoms with Gasteiger partial charge in [0.15, 0.2) is 0 Å². The molecule has 0 fully saturated rings. The third-order valence-electron chi connectivity index (χ3n) is 2.86. The summed E-state index contributed by atoms with van der Waals surface area (Å²) in [5.74, 6) is -0.0898. The second-order valence-corrected chi connectivity index (χ2v) is 4.14. The number of nitrogens with two attached hydrogens (primary N) is 1. The Morgan fingerprint density at radius 2 is 2.11 bits per heavy atom. The Kier molecular flexibility index (Phi) is 3.37. The van der Waals surface area contributed by atoms with Crippen LogP contribution in [0.5, 0.6) is 5.75 Å². The molecule has 2 aromatic rings. The van der Waals surface area contributed by atoms with E-state index in [9.17, 15) is 9.90 Å². The summed E-state index contributed by atoms with van der Waals surface area (Å²) in [5, 5.41) is 9.21. The van der Waals surface area contributed by atoms with Gasteiger partial charge in [-0.3, -0.25) is 0 Å². The summed E-state index contributed by atoms with van der Waals surface area (Å²) in [6, 6.07) is 6.81.